The molecule has 1 aliphatic rings. The Morgan fingerprint density at radius 2 is 2.44 bits per heavy atom. The number of carbonyl (C=O) groups is 1. The average molecular weight is 240 g/mol. The van der Waals surface area contributed by atoms with Crippen LogP contribution in [0.25, 0.3) is 0 Å². The number of hydrogen-bond donors (Lipinski definition) is 3. The number of rotatable bonds is 3. The lowest BCUT2D eigenvalue weighted by atomic mass is 10.3. The van der Waals surface area contributed by atoms with E-state index in [-0.39, 0.29) is 6.03 Å². The van der Waals surface area contributed by atoms with Gasteiger partial charge in [-0.3, -0.25) is 5.32 Å². The zero-order valence-electron chi connectivity index (χ0n) is 8.73. The molecule has 0 bridgehead atoms. The molecule has 0 aliphatic heterocycles. The molecule has 0 saturated heterocycles. The second-order valence-electron chi connectivity index (χ2n) is 3.60. The lowest BCUT2D eigenvalue weighted by molar-refractivity contribution is 0.251. The number of urea groups is 1. The molecule has 16 heavy (non-hydrogen) atoms. The van der Waals surface area contributed by atoms with Crippen molar-refractivity contribution in [2.75, 3.05) is 5.32 Å². The molecule has 1 saturated carbocycles. The summed E-state index contributed by atoms with van der Waals surface area (Å²) < 4.78 is 0. The van der Waals surface area contributed by atoms with Gasteiger partial charge in [-0.25, -0.2) is 9.78 Å². The summed E-state index contributed by atoms with van der Waals surface area (Å²) in [5.41, 5.74) is 0.987. The van der Waals surface area contributed by atoms with Gasteiger partial charge in [-0.05, 0) is 19.8 Å². The maximum absolute atomic E-state index is 11.4. The number of amides is 2. The summed E-state index contributed by atoms with van der Waals surface area (Å²) in [6.45, 7) is 1.64. The Morgan fingerprint density at radius 3 is 3.06 bits per heavy atom. The molecule has 2 rings (SSSR count). The minimum Gasteiger partial charge on any atom is -0.411 e. The molecule has 1 aliphatic carbocycles. The highest BCUT2D eigenvalue weighted by atomic mass is 32.1. The summed E-state index contributed by atoms with van der Waals surface area (Å²) in [6, 6.07) is 0.0853. The summed E-state index contributed by atoms with van der Waals surface area (Å²) in [6.07, 6.45) is 2.10. The van der Waals surface area contributed by atoms with Gasteiger partial charge in [0.25, 0.3) is 0 Å². The Balaban J connectivity index is 1.93. The number of oxime groups is 1. The maximum Gasteiger partial charge on any atom is 0.321 e. The van der Waals surface area contributed by atoms with Crippen molar-refractivity contribution in [3.05, 3.63) is 11.1 Å². The Labute approximate surface area is 96.4 Å². The smallest absolute Gasteiger partial charge is 0.321 e. The normalized spacial score (nSPS) is 15.9. The summed E-state index contributed by atoms with van der Waals surface area (Å²) in [5.74, 6) is 0. The molecule has 0 aromatic carbocycles. The standard InChI is InChI=1S/C9H12N4O2S/c1-5(13-15)7-4-16-9(11-7)12-8(14)10-6-2-3-6/h4,6,15H,2-3H2,1H3,(H2,10,11,12,14). The highest BCUT2D eigenvalue weighted by Gasteiger charge is 2.23. The lowest BCUT2D eigenvalue weighted by Gasteiger charge is -2.02. The van der Waals surface area contributed by atoms with Gasteiger partial charge in [-0.1, -0.05) is 5.16 Å². The van der Waals surface area contributed by atoms with Crippen molar-refractivity contribution < 1.29 is 10.0 Å². The minimum atomic E-state index is -0.234. The summed E-state index contributed by atoms with van der Waals surface area (Å²) in [7, 11) is 0. The van der Waals surface area contributed by atoms with Gasteiger partial charge in [0.2, 0.25) is 0 Å². The fourth-order valence-electron chi connectivity index (χ4n) is 1.09. The molecule has 2 amide bonds. The maximum atomic E-state index is 11.4. The number of nitrogens with one attached hydrogen (secondary N) is 2. The summed E-state index contributed by atoms with van der Waals surface area (Å²) in [5, 5.41) is 19.2. The third-order valence-electron chi connectivity index (χ3n) is 2.16. The molecule has 86 valence electrons. The number of thiazole rings is 1. The molecular formula is C9H12N4O2S. The van der Waals surface area contributed by atoms with Crippen molar-refractivity contribution in [3.8, 4) is 0 Å². The van der Waals surface area contributed by atoms with E-state index in [1.807, 2.05) is 0 Å². The Kier molecular flexibility index (Phi) is 3.04. The van der Waals surface area contributed by atoms with E-state index in [1.165, 1.54) is 11.3 Å². The number of nitrogens with zero attached hydrogens (tertiary/aromatic N) is 2. The van der Waals surface area contributed by atoms with Crippen LogP contribution in [-0.4, -0.2) is 28.0 Å². The van der Waals surface area contributed by atoms with Gasteiger partial charge in [-0.2, -0.15) is 0 Å². The fraction of sp³-hybridized carbons (Fsp3) is 0.444. The van der Waals surface area contributed by atoms with Crippen LogP contribution in [0.15, 0.2) is 10.5 Å². The van der Waals surface area contributed by atoms with E-state index in [2.05, 4.69) is 20.8 Å². The predicted molar refractivity (Wildman–Crippen MR) is 61.3 cm³/mol. The Bertz CT molecular complexity index is 425. The molecule has 0 spiro atoms. The van der Waals surface area contributed by atoms with Gasteiger partial charge in [0.1, 0.15) is 11.4 Å². The van der Waals surface area contributed by atoms with Crippen LogP contribution in [0.4, 0.5) is 9.93 Å². The predicted octanol–water partition coefficient (Wildman–Crippen LogP) is 1.63. The molecule has 1 aromatic rings. The first kappa shape index (κ1) is 10.9. The van der Waals surface area contributed by atoms with E-state index in [9.17, 15) is 4.79 Å². The van der Waals surface area contributed by atoms with Crippen molar-refractivity contribution in [1.29, 1.82) is 0 Å². The van der Waals surface area contributed by atoms with Crippen LogP contribution in [0.5, 0.6) is 0 Å². The average Bonchev–Trinajstić information content (AvgIpc) is 2.94. The number of aromatic nitrogens is 1. The first-order valence-corrected chi connectivity index (χ1v) is 5.79. The molecule has 1 fully saturated rings. The van der Waals surface area contributed by atoms with Crippen LogP contribution in [0.3, 0.4) is 0 Å². The van der Waals surface area contributed by atoms with Crippen molar-refractivity contribution in [2.24, 2.45) is 5.16 Å². The lowest BCUT2D eigenvalue weighted by Crippen LogP contribution is -2.30. The quantitative estimate of drug-likeness (QED) is 0.426. The molecule has 0 unspecified atom stereocenters. The van der Waals surface area contributed by atoms with E-state index >= 15 is 0 Å². The van der Waals surface area contributed by atoms with Crippen molar-refractivity contribution >= 4 is 28.2 Å². The second kappa shape index (κ2) is 4.48. The van der Waals surface area contributed by atoms with Crippen molar-refractivity contribution in [3.63, 3.8) is 0 Å². The van der Waals surface area contributed by atoms with Crippen LogP contribution >= 0.6 is 11.3 Å². The van der Waals surface area contributed by atoms with Gasteiger partial charge in [0.15, 0.2) is 5.13 Å². The van der Waals surface area contributed by atoms with Crippen LogP contribution in [-0.2, 0) is 0 Å². The molecule has 6 nitrogen and oxygen atoms in total. The first-order chi connectivity index (χ1) is 7.69. The molecule has 1 heterocycles. The zero-order chi connectivity index (χ0) is 11.5. The van der Waals surface area contributed by atoms with Crippen LogP contribution in [0, 0.1) is 0 Å². The van der Waals surface area contributed by atoms with Crippen LogP contribution in [0.2, 0.25) is 0 Å². The zero-order valence-corrected chi connectivity index (χ0v) is 9.54. The SMILES string of the molecule is CC(=NO)c1csc(NC(=O)NC2CC2)n1. The van der Waals surface area contributed by atoms with E-state index in [0.717, 1.165) is 12.8 Å². The molecule has 1 aromatic heterocycles. The minimum absolute atomic E-state index is 0.234. The summed E-state index contributed by atoms with van der Waals surface area (Å²) >= 11 is 1.29. The largest absolute Gasteiger partial charge is 0.411 e. The molecule has 0 radical (unpaired) electrons. The van der Waals surface area contributed by atoms with E-state index in [0.29, 0.717) is 22.6 Å². The number of anilines is 1. The van der Waals surface area contributed by atoms with Crippen molar-refractivity contribution in [2.45, 2.75) is 25.8 Å². The number of hydrogen-bond acceptors (Lipinski definition) is 5. The van der Waals surface area contributed by atoms with Crippen molar-refractivity contribution in [1.82, 2.24) is 10.3 Å². The third kappa shape index (κ3) is 2.69. The molecular weight excluding hydrogens is 228 g/mol. The van der Waals surface area contributed by atoms with E-state index in [1.54, 1.807) is 12.3 Å². The number of carbonyl (C=O) groups excluding carboxylic acids is 1. The molecule has 0 atom stereocenters. The van der Waals surface area contributed by atoms with Gasteiger partial charge in [0.05, 0.1) is 0 Å². The summed E-state index contributed by atoms with van der Waals surface area (Å²) in [4.78, 5) is 15.5. The first-order valence-electron chi connectivity index (χ1n) is 4.91. The van der Waals surface area contributed by atoms with E-state index < -0.39 is 0 Å². The Morgan fingerprint density at radius 1 is 1.69 bits per heavy atom. The molecule has 3 N–H and O–H groups in total. The fourth-order valence-corrected chi connectivity index (χ4v) is 1.84. The second-order valence-corrected chi connectivity index (χ2v) is 4.45. The van der Waals surface area contributed by atoms with Gasteiger partial charge in [0, 0.05) is 11.4 Å². The third-order valence-corrected chi connectivity index (χ3v) is 2.92. The Hall–Kier alpha value is -1.63. The van der Waals surface area contributed by atoms with Crippen LogP contribution in [0.1, 0.15) is 25.5 Å². The van der Waals surface area contributed by atoms with Gasteiger partial charge in [-0.15, -0.1) is 11.3 Å². The molecule has 7 heteroatoms. The monoisotopic (exact) mass is 240 g/mol. The van der Waals surface area contributed by atoms with Gasteiger partial charge >= 0.3 is 6.03 Å². The highest BCUT2D eigenvalue weighted by molar-refractivity contribution is 7.14. The topological polar surface area (TPSA) is 86.6 Å². The van der Waals surface area contributed by atoms with E-state index in [4.69, 9.17) is 5.21 Å². The van der Waals surface area contributed by atoms with Gasteiger partial charge < -0.3 is 10.5 Å². The van der Waals surface area contributed by atoms with Crippen LogP contribution < -0.4 is 10.6 Å². The highest BCUT2D eigenvalue weighted by Crippen LogP contribution is 2.20.